The van der Waals surface area contributed by atoms with Crippen molar-refractivity contribution in [1.29, 1.82) is 0 Å². The van der Waals surface area contributed by atoms with E-state index in [1.165, 1.54) is 6.07 Å². The van der Waals surface area contributed by atoms with Crippen LogP contribution in [0.3, 0.4) is 0 Å². The van der Waals surface area contributed by atoms with E-state index in [-0.39, 0.29) is 17.7 Å². The third-order valence-electron chi connectivity index (χ3n) is 4.62. The standard InChI is InChI=1S/C20H18N2O6S/c1-10-4-3-5-14(11(10)2)22-18(25)16(29-20(22)28)9-17(24)21-12-6-7-13(19(26)27)15(23)8-12/h3-8,16,23H,9H2,1-2H3,(H,21,24)(H,26,27). The van der Waals surface area contributed by atoms with Crippen molar-refractivity contribution in [3.05, 3.63) is 53.1 Å². The Kier molecular flexibility index (Phi) is 5.60. The van der Waals surface area contributed by atoms with Gasteiger partial charge in [-0.15, -0.1) is 0 Å². The van der Waals surface area contributed by atoms with Gasteiger partial charge in [-0.3, -0.25) is 14.4 Å². The van der Waals surface area contributed by atoms with Gasteiger partial charge in [0.05, 0.1) is 5.69 Å². The van der Waals surface area contributed by atoms with Crippen molar-refractivity contribution in [1.82, 2.24) is 0 Å². The minimum atomic E-state index is -1.29. The number of carbonyl (C=O) groups is 4. The minimum absolute atomic E-state index is 0.186. The number of nitrogens with zero attached hydrogens (tertiary/aromatic N) is 1. The second-order valence-corrected chi connectivity index (χ2v) is 7.71. The Morgan fingerprint density at radius 1 is 1.17 bits per heavy atom. The number of benzene rings is 2. The molecule has 1 aliphatic rings. The van der Waals surface area contributed by atoms with Crippen LogP contribution >= 0.6 is 11.8 Å². The van der Waals surface area contributed by atoms with Crippen LogP contribution in [0.5, 0.6) is 5.75 Å². The maximum atomic E-state index is 12.7. The predicted molar refractivity (Wildman–Crippen MR) is 108 cm³/mol. The molecule has 0 spiro atoms. The van der Waals surface area contributed by atoms with Gasteiger partial charge in [0.1, 0.15) is 16.6 Å². The van der Waals surface area contributed by atoms with Crippen molar-refractivity contribution in [2.24, 2.45) is 0 Å². The van der Waals surface area contributed by atoms with Crippen molar-refractivity contribution >= 4 is 46.2 Å². The lowest BCUT2D eigenvalue weighted by atomic mass is 10.1. The van der Waals surface area contributed by atoms with Gasteiger partial charge in [0.25, 0.3) is 5.24 Å². The zero-order valence-electron chi connectivity index (χ0n) is 15.6. The summed E-state index contributed by atoms with van der Waals surface area (Å²) in [6.45, 7) is 3.70. The lowest BCUT2D eigenvalue weighted by Gasteiger charge is -2.17. The molecule has 29 heavy (non-hydrogen) atoms. The summed E-state index contributed by atoms with van der Waals surface area (Å²) in [5.41, 5.74) is 2.15. The first-order valence-electron chi connectivity index (χ1n) is 8.66. The Bertz CT molecular complexity index is 1040. The Morgan fingerprint density at radius 3 is 2.55 bits per heavy atom. The van der Waals surface area contributed by atoms with E-state index >= 15 is 0 Å². The van der Waals surface area contributed by atoms with Gasteiger partial charge in [-0.2, -0.15) is 0 Å². The van der Waals surface area contributed by atoms with E-state index in [2.05, 4.69) is 5.32 Å². The van der Waals surface area contributed by atoms with Crippen LogP contribution in [0.1, 0.15) is 27.9 Å². The largest absolute Gasteiger partial charge is 0.507 e. The molecule has 150 valence electrons. The van der Waals surface area contributed by atoms with Crippen molar-refractivity contribution in [3.63, 3.8) is 0 Å². The molecule has 1 atom stereocenters. The normalized spacial score (nSPS) is 16.2. The van der Waals surface area contributed by atoms with Gasteiger partial charge in [0, 0.05) is 18.2 Å². The maximum Gasteiger partial charge on any atom is 0.339 e. The number of nitrogens with one attached hydrogen (secondary N) is 1. The van der Waals surface area contributed by atoms with Crippen molar-refractivity contribution < 1.29 is 29.4 Å². The molecule has 1 aliphatic heterocycles. The van der Waals surface area contributed by atoms with Gasteiger partial charge in [0.2, 0.25) is 11.8 Å². The van der Waals surface area contributed by atoms with Crippen LogP contribution in [0.25, 0.3) is 0 Å². The van der Waals surface area contributed by atoms with Crippen LogP contribution in [0.15, 0.2) is 36.4 Å². The van der Waals surface area contributed by atoms with Gasteiger partial charge in [0.15, 0.2) is 0 Å². The number of aromatic hydroxyl groups is 1. The molecule has 0 aliphatic carbocycles. The zero-order valence-corrected chi connectivity index (χ0v) is 16.4. The van der Waals surface area contributed by atoms with E-state index in [4.69, 9.17) is 5.11 Å². The summed E-state index contributed by atoms with van der Waals surface area (Å²) in [4.78, 5) is 49.5. The number of carbonyl (C=O) groups excluding carboxylic acids is 3. The van der Waals surface area contributed by atoms with Gasteiger partial charge in [-0.05, 0) is 54.9 Å². The first-order chi connectivity index (χ1) is 13.7. The molecule has 1 fully saturated rings. The molecule has 2 aromatic carbocycles. The molecule has 3 N–H and O–H groups in total. The molecule has 1 unspecified atom stereocenters. The van der Waals surface area contributed by atoms with E-state index in [1.54, 1.807) is 12.1 Å². The van der Waals surface area contributed by atoms with Crippen LogP contribution in [0, 0.1) is 13.8 Å². The van der Waals surface area contributed by atoms with Crippen LogP contribution in [0.2, 0.25) is 0 Å². The fourth-order valence-corrected chi connectivity index (χ4v) is 3.93. The number of amides is 3. The lowest BCUT2D eigenvalue weighted by Crippen LogP contribution is -2.33. The lowest BCUT2D eigenvalue weighted by molar-refractivity contribution is -0.121. The zero-order chi connectivity index (χ0) is 21.3. The maximum absolute atomic E-state index is 12.7. The summed E-state index contributed by atoms with van der Waals surface area (Å²) in [6, 6.07) is 8.93. The van der Waals surface area contributed by atoms with E-state index in [1.807, 2.05) is 19.9 Å². The summed E-state index contributed by atoms with van der Waals surface area (Å²) >= 11 is 0.789. The molecule has 3 rings (SSSR count). The molecule has 3 amide bonds. The van der Waals surface area contributed by atoms with Crippen molar-refractivity contribution in [2.45, 2.75) is 25.5 Å². The Morgan fingerprint density at radius 2 is 1.90 bits per heavy atom. The third-order valence-corrected chi connectivity index (χ3v) is 5.66. The topological polar surface area (TPSA) is 124 Å². The average Bonchev–Trinajstić information content (AvgIpc) is 2.90. The van der Waals surface area contributed by atoms with E-state index < -0.39 is 34.0 Å². The van der Waals surface area contributed by atoms with Gasteiger partial charge >= 0.3 is 5.97 Å². The van der Waals surface area contributed by atoms with Crippen molar-refractivity contribution in [3.8, 4) is 5.75 Å². The van der Waals surface area contributed by atoms with Crippen LogP contribution in [-0.4, -0.2) is 38.5 Å². The van der Waals surface area contributed by atoms with Gasteiger partial charge in [-0.25, -0.2) is 9.69 Å². The SMILES string of the molecule is Cc1cccc(N2C(=O)SC(CC(=O)Nc3ccc(C(=O)O)c(O)c3)C2=O)c1C. The second-order valence-electron chi connectivity index (χ2n) is 6.55. The number of carboxylic acid groups (broad SMARTS) is 1. The molecule has 0 aromatic heterocycles. The summed E-state index contributed by atoms with van der Waals surface area (Å²) in [7, 11) is 0. The number of carboxylic acids is 1. The molecule has 8 nitrogen and oxygen atoms in total. The number of aromatic carboxylic acids is 1. The highest BCUT2D eigenvalue weighted by Gasteiger charge is 2.42. The molecule has 0 bridgehead atoms. The molecule has 9 heteroatoms. The van der Waals surface area contributed by atoms with Gasteiger partial charge < -0.3 is 15.5 Å². The summed E-state index contributed by atoms with van der Waals surface area (Å²) in [5.74, 6) is -2.78. The molecular formula is C20H18N2O6S. The number of thioether (sulfide) groups is 1. The molecular weight excluding hydrogens is 396 g/mol. The number of rotatable bonds is 5. The highest BCUT2D eigenvalue weighted by molar-refractivity contribution is 8.15. The highest BCUT2D eigenvalue weighted by Crippen LogP contribution is 2.36. The monoisotopic (exact) mass is 414 g/mol. The second kappa shape index (κ2) is 7.96. The number of phenols is 1. The quantitative estimate of drug-likeness (QED) is 0.686. The highest BCUT2D eigenvalue weighted by atomic mass is 32.2. The molecule has 1 heterocycles. The summed E-state index contributed by atoms with van der Waals surface area (Å²) in [6.07, 6.45) is -0.238. The number of aryl methyl sites for hydroxylation is 1. The third kappa shape index (κ3) is 4.09. The average molecular weight is 414 g/mol. The molecule has 1 saturated heterocycles. The van der Waals surface area contributed by atoms with E-state index in [0.717, 1.165) is 39.9 Å². The smallest absolute Gasteiger partial charge is 0.339 e. The van der Waals surface area contributed by atoms with Crippen LogP contribution in [-0.2, 0) is 9.59 Å². The summed E-state index contributed by atoms with van der Waals surface area (Å²) < 4.78 is 0. The molecule has 0 radical (unpaired) electrons. The number of hydrogen-bond donors (Lipinski definition) is 3. The Labute approximate surface area is 170 Å². The van der Waals surface area contributed by atoms with E-state index in [0.29, 0.717) is 5.69 Å². The number of hydrogen-bond acceptors (Lipinski definition) is 6. The first-order valence-corrected chi connectivity index (χ1v) is 9.54. The Hall–Kier alpha value is -3.33. The molecule has 2 aromatic rings. The van der Waals surface area contributed by atoms with Crippen molar-refractivity contribution in [2.75, 3.05) is 10.2 Å². The minimum Gasteiger partial charge on any atom is -0.507 e. The van der Waals surface area contributed by atoms with Crippen LogP contribution in [0.4, 0.5) is 16.2 Å². The van der Waals surface area contributed by atoms with E-state index in [9.17, 15) is 24.3 Å². The number of imide groups is 1. The summed E-state index contributed by atoms with van der Waals surface area (Å²) in [5, 5.41) is 19.8. The first kappa shape index (κ1) is 20.4. The molecule has 0 saturated carbocycles. The number of anilines is 2. The fraction of sp³-hybridized carbons (Fsp3) is 0.200. The predicted octanol–water partition coefficient (Wildman–Crippen LogP) is 3.30. The fourth-order valence-electron chi connectivity index (χ4n) is 2.95. The van der Waals surface area contributed by atoms with Crippen LogP contribution < -0.4 is 10.2 Å². The Balaban J connectivity index is 1.71. The van der Waals surface area contributed by atoms with Gasteiger partial charge in [-0.1, -0.05) is 12.1 Å².